The highest BCUT2D eigenvalue weighted by molar-refractivity contribution is 5.92. The molecule has 0 amide bonds. The van der Waals surface area contributed by atoms with Gasteiger partial charge in [-0.3, -0.25) is 4.68 Å². The van der Waals surface area contributed by atoms with Crippen molar-refractivity contribution in [3.8, 4) is 11.3 Å². The Morgan fingerprint density at radius 2 is 2.11 bits per heavy atom. The van der Waals surface area contributed by atoms with Gasteiger partial charge in [0.05, 0.1) is 24.1 Å². The summed E-state index contributed by atoms with van der Waals surface area (Å²) >= 11 is 0. The summed E-state index contributed by atoms with van der Waals surface area (Å²) in [6, 6.07) is 6.99. The van der Waals surface area contributed by atoms with E-state index in [0.29, 0.717) is 11.3 Å². The number of ether oxygens (including phenoxy) is 1. The highest BCUT2D eigenvalue weighted by Crippen LogP contribution is 2.27. The summed E-state index contributed by atoms with van der Waals surface area (Å²) in [5.74, 6) is -0.379. The number of aromatic nitrogens is 2. The van der Waals surface area contributed by atoms with Gasteiger partial charge in [0.15, 0.2) is 0 Å². The second-order valence-corrected chi connectivity index (χ2v) is 4.09. The minimum absolute atomic E-state index is 0.379. The zero-order valence-corrected chi connectivity index (χ0v) is 10.6. The normalized spacial score (nSPS) is 10.4. The topological polar surface area (TPSA) is 70.1 Å². The van der Waals surface area contributed by atoms with Crippen molar-refractivity contribution in [1.82, 2.24) is 9.78 Å². The maximum absolute atomic E-state index is 11.5. The van der Waals surface area contributed by atoms with Crippen molar-refractivity contribution >= 4 is 11.7 Å². The van der Waals surface area contributed by atoms with Crippen molar-refractivity contribution in [2.45, 2.75) is 6.92 Å². The number of hydrogen-bond donors (Lipinski definition) is 1. The first kappa shape index (κ1) is 12.2. The van der Waals surface area contributed by atoms with E-state index in [9.17, 15) is 4.79 Å². The maximum atomic E-state index is 11.5. The van der Waals surface area contributed by atoms with E-state index in [4.69, 9.17) is 10.5 Å². The van der Waals surface area contributed by atoms with Crippen LogP contribution in [-0.2, 0) is 11.8 Å². The molecule has 5 heteroatoms. The van der Waals surface area contributed by atoms with Crippen molar-refractivity contribution in [2.24, 2.45) is 7.05 Å². The number of rotatable bonds is 2. The molecule has 0 bridgehead atoms. The van der Waals surface area contributed by atoms with Crippen LogP contribution in [0.15, 0.2) is 24.3 Å². The van der Waals surface area contributed by atoms with Gasteiger partial charge in [-0.25, -0.2) is 4.79 Å². The largest absolute Gasteiger partial charge is 0.465 e. The molecule has 0 fully saturated rings. The van der Waals surface area contributed by atoms with E-state index in [0.717, 1.165) is 17.0 Å². The van der Waals surface area contributed by atoms with Gasteiger partial charge in [0.1, 0.15) is 0 Å². The maximum Gasteiger partial charge on any atom is 0.337 e. The van der Waals surface area contributed by atoms with Crippen molar-refractivity contribution in [3.05, 3.63) is 35.5 Å². The lowest BCUT2D eigenvalue weighted by molar-refractivity contribution is 0.0601. The van der Waals surface area contributed by atoms with E-state index >= 15 is 0 Å². The van der Waals surface area contributed by atoms with Crippen LogP contribution in [0.3, 0.4) is 0 Å². The lowest BCUT2D eigenvalue weighted by atomic mass is 10.1. The molecule has 1 aromatic carbocycles. The second-order valence-electron chi connectivity index (χ2n) is 4.09. The second kappa shape index (κ2) is 4.52. The molecular formula is C13H15N3O2. The smallest absolute Gasteiger partial charge is 0.337 e. The third-order valence-corrected chi connectivity index (χ3v) is 2.75. The Morgan fingerprint density at radius 1 is 1.39 bits per heavy atom. The van der Waals surface area contributed by atoms with Crippen molar-refractivity contribution in [3.63, 3.8) is 0 Å². The molecule has 0 unspecified atom stereocenters. The molecule has 0 atom stereocenters. The molecule has 5 nitrogen and oxygen atoms in total. The number of hydrogen-bond acceptors (Lipinski definition) is 4. The Morgan fingerprint density at radius 3 is 2.67 bits per heavy atom. The van der Waals surface area contributed by atoms with E-state index in [2.05, 4.69) is 5.10 Å². The Kier molecular flexibility index (Phi) is 3.06. The lowest BCUT2D eigenvalue weighted by Gasteiger charge is -2.08. The Hall–Kier alpha value is -2.30. The average molecular weight is 245 g/mol. The average Bonchev–Trinajstić information content (AvgIpc) is 2.68. The summed E-state index contributed by atoms with van der Waals surface area (Å²) in [4.78, 5) is 11.5. The fourth-order valence-corrected chi connectivity index (χ4v) is 1.89. The number of esters is 1. The minimum atomic E-state index is -0.379. The minimum Gasteiger partial charge on any atom is -0.465 e. The third kappa shape index (κ3) is 2.07. The molecule has 0 aliphatic heterocycles. The molecule has 0 spiro atoms. The van der Waals surface area contributed by atoms with E-state index < -0.39 is 0 Å². The van der Waals surface area contributed by atoms with E-state index in [1.54, 1.807) is 22.9 Å². The number of carbonyl (C=O) groups is 1. The van der Waals surface area contributed by atoms with Crippen LogP contribution in [0.5, 0.6) is 0 Å². The number of nitrogens with two attached hydrogens (primary N) is 1. The fraction of sp³-hybridized carbons (Fsp3) is 0.231. The summed E-state index contributed by atoms with van der Waals surface area (Å²) in [7, 11) is 3.19. The summed E-state index contributed by atoms with van der Waals surface area (Å²) in [6.07, 6.45) is 0. The molecule has 0 radical (unpaired) electrons. The van der Waals surface area contributed by atoms with Crippen molar-refractivity contribution < 1.29 is 9.53 Å². The van der Waals surface area contributed by atoms with Gasteiger partial charge in [0, 0.05) is 18.3 Å². The Balaban J connectivity index is 2.56. The number of nitrogen functional groups attached to an aromatic ring is 1. The zero-order valence-electron chi connectivity index (χ0n) is 10.6. The van der Waals surface area contributed by atoms with Gasteiger partial charge in [0.25, 0.3) is 0 Å². The molecule has 0 aliphatic carbocycles. The molecule has 0 saturated heterocycles. The predicted octanol–water partition coefficient (Wildman–Crippen LogP) is 1.76. The van der Waals surface area contributed by atoms with Crippen LogP contribution >= 0.6 is 0 Å². The van der Waals surface area contributed by atoms with Gasteiger partial charge in [-0.1, -0.05) is 0 Å². The Labute approximate surface area is 105 Å². The van der Waals surface area contributed by atoms with Crippen LogP contribution in [0, 0.1) is 6.92 Å². The van der Waals surface area contributed by atoms with E-state index in [-0.39, 0.29) is 5.97 Å². The zero-order chi connectivity index (χ0) is 13.3. The summed E-state index contributed by atoms with van der Waals surface area (Å²) in [5.41, 5.74) is 9.57. The first-order valence-electron chi connectivity index (χ1n) is 5.51. The fourth-order valence-electron chi connectivity index (χ4n) is 1.89. The number of methoxy groups -OCH3 is 1. The summed E-state index contributed by atoms with van der Waals surface area (Å²) < 4.78 is 6.44. The number of benzene rings is 1. The standard InChI is InChI=1S/C13H15N3O2/c1-8-6-12(16(2)15-8)10-7-9(13(17)18-3)4-5-11(10)14/h4-7H,14H2,1-3H3. The lowest BCUT2D eigenvalue weighted by Crippen LogP contribution is -2.03. The molecule has 94 valence electrons. The van der Waals surface area contributed by atoms with Crippen molar-refractivity contribution in [1.29, 1.82) is 0 Å². The molecular weight excluding hydrogens is 230 g/mol. The van der Waals surface area contributed by atoms with Crippen molar-refractivity contribution in [2.75, 3.05) is 12.8 Å². The molecule has 18 heavy (non-hydrogen) atoms. The quantitative estimate of drug-likeness (QED) is 0.646. The monoisotopic (exact) mass is 245 g/mol. The van der Waals surface area contributed by atoms with E-state index in [1.807, 2.05) is 20.0 Å². The van der Waals surface area contributed by atoms with Crippen LogP contribution in [0.1, 0.15) is 16.1 Å². The van der Waals surface area contributed by atoms with Crippen LogP contribution in [0.25, 0.3) is 11.3 Å². The van der Waals surface area contributed by atoms with Crippen LogP contribution in [0.4, 0.5) is 5.69 Å². The van der Waals surface area contributed by atoms with Gasteiger partial charge >= 0.3 is 5.97 Å². The van der Waals surface area contributed by atoms with Crippen LogP contribution < -0.4 is 5.73 Å². The first-order valence-corrected chi connectivity index (χ1v) is 5.51. The van der Waals surface area contributed by atoms with Gasteiger partial charge in [-0.2, -0.15) is 5.10 Å². The highest BCUT2D eigenvalue weighted by atomic mass is 16.5. The number of anilines is 1. The molecule has 2 aromatic rings. The number of aryl methyl sites for hydroxylation is 2. The van der Waals surface area contributed by atoms with Crippen LogP contribution in [0.2, 0.25) is 0 Å². The molecule has 0 aliphatic rings. The highest BCUT2D eigenvalue weighted by Gasteiger charge is 2.12. The molecule has 0 saturated carbocycles. The van der Waals surface area contributed by atoms with Crippen LogP contribution in [-0.4, -0.2) is 22.9 Å². The van der Waals surface area contributed by atoms with E-state index in [1.165, 1.54) is 7.11 Å². The molecule has 2 N–H and O–H groups in total. The summed E-state index contributed by atoms with van der Waals surface area (Å²) in [6.45, 7) is 1.91. The first-order chi connectivity index (χ1) is 8.52. The third-order valence-electron chi connectivity index (χ3n) is 2.75. The molecule has 2 rings (SSSR count). The van der Waals surface area contributed by atoms with Gasteiger partial charge in [-0.05, 0) is 31.2 Å². The number of carbonyl (C=O) groups excluding carboxylic acids is 1. The van der Waals surface area contributed by atoms with Gasteiger partial charge in [0.2, 0.25) is 0 Å². The molecule has 1 aromatic heterocycles. The van der Waals surface area contributed by atoms with Gasteiger partial charge in [-0.15, -0.1) is 0 Å². The predicted molar refractivity (Wildman–Crippen MR) is 69.1 cm³/mol. The Bertz CT molecular complexity index is 602. The summed E-state index contributed by atoms with van der Waals surface area (Å²) in [5, 5.41) is 4.27. The SMILES string of the molecule is COC(=O)c1ccc(N)c(-c2cc(C)nn2C)c1. The number of nitrogens with zero attached hydrogens (tertiary/aromatic N) is 2. The molecule has 1 heterocycles. The van der Waals surface area contributed by atoms with Gasteiger partial charge < -0.3 is 10.5 Å².